The first kappa shape index (κ1) is 59.8. The van der Waals surface area contributed by atoms with Crippen LogP contribution in [0.25, 0.3) is 0 Å². The highest BCUT2D eigenvalue weighted by atomic mass is 16.6. The average Bonchev–Trinajstić information content (AvgIpc) is 3.30. The molecule has 0 saturated carbocycles. The molecule has 0 aliphatic rings. The van der Waals surface area contributed by atoms with Crippen molar-refractivity contribution in [2.24, 2.45) is 0 Å². The highest BCUT2D eigenvalue weighted by Crippen LogP contribution is 2.11. The van der Waals surface area contributed by atoms with Gasteiger partial charge < -0.3 is 14.2 Å². The SMILES string of the molecule is CC/C=C\C/C=C\C/C=C\C/C=C\CCCCCCC(=O)OCC(COCCC/C=C\C/C=C\C/C=C\C/C=C\CC)OC(=O)CCCCCC/C=C\C/C=C\C/C=C\C/C=C\CC. The molecule has 1 atom stereocenters. The lowest BCUT2D eigenvalue weighted by Gasteiger charge is -2.18. The van der Waals surface area contributed by atoms with E-state index in [2.05, 4.69) is 167 Å². The first-order valence-electron chi connectivity index (χ1n) is 25.4. The number of rotatable bonds is 44. The highest BCUT2D eigenvalue weighted by Gasteiger charge is 2.17. The number of hydrogen-bond donors (Lipinski definition) is 0. The quantitative estimate of drug-likeness (QED) is 0.0347. The van der Waals surface area contributed by atoms with Crippen LogP contribution in [-0.2, 0) is 23.8 Å². The summed E-state index contributed by atoms with van der Waals surface area (Å²) in [6, 6.07) is 0. The lowest BCUT2D eigenvalue weighted by atomic mass is 10.1. The van der Waals surface area contributed by atoms with Gasteiger partial charge in [-0.05, 0) is 128 Å². The van der Waals surface area contributed by atoms with E-state index in [1.165, 1.54) is 0 Å². The van der Waals surface area contributed by atoms with E-state index >= 15 is 0 Å². The molecule has 64 heavy (non-hydrogen) atoms. The average molecular weight is 881 g/mol. The fourth-order valence-electron chi connectivity index (χ4n) is 6.20. The van der Waals surface area contributed by atoms with Gasteiger partial charge in [-0.15, -0.1) is 0 Å². The van der Waals surface area contributed by atoms with Gasteiger partial charge in [-0.1, -0.05) is 192 Å². The fourth-order valence-corrected chi connectivity index (χ4v) is 6.20. The van der Waals surface area contributed by atoms with Crippen LogP contribution in [0.15, 0.2) is 146 Å². The number of carbonyl (C=O) groups excluding carboxylic acids is 2. The van der Waals surface area contributed by atoms with Crippen molar-refractivity contribution in [1.29, 1.82) is 0 Å². The molecule has 0 spiro atoms. The molecule has 0 aromatic heterocycles. The van der Waals surface area contributed by atoms with Crippen LogP contribution in [0.1, 0.15) is 188 Å². The molecular weight excluding hydrogens is 789 g/mol. The first-order valence-corrected chi connectivity index (χ1v) is 25.4. The summed E-state index contributed by atoms with van der Waals surface area (Å²) >= 11 is 0. The van der Waals surface area contributed by atoms with Gasteiger partial charge in [0, 0.05) is 19.4 Å². The van der Waals surface area contributed by atoms with Gasteiger partial charge in [0.2, 0.25) is 0 Å². The summed E-state index contributed by atoms with van der Waals surface area (Å²) < 4.78 is 17.3. The van der Waals surface area contributed by atoms with Gasteiger partial charge in [0.25, 0.3) is 0 Å². The Morgan fingerprint density at radius 3 is 1.03 bits per heavy atom. The third-order valence-electron chi connectivity index (χ3n) is 9.85. The van der Waals surface area contributed by atoms with Crippen LogP contribution in [0, 0.1) is 0 Å². The Hall–Kier alpha value is -4.22. The largest absolute Gasteiger partial charge is 0.462 e. The Morgan fingerprint density at radius 1 is 0.344 bits per heavy atom. The second-order valence-electron chi connectivity index (χ2n) is 15.9. The molecule has 0 amide bonds. The Kier molecular flexibility index (Phi) is 49.6. The van der Waals surface area contributed by atoms with E-state index in [4.69, 9.17) is 14.2 Å². The molecular formula is C59H92O5. The third kappa shape index (κ3) is 50.4. The van der Waals surface area contributed by atoms with Crippen molar-refractivity contribution in [3.8, 4) is 0 Å². The topological polar surface area (TPSA) is 61.8 Å². The van der Waals surface area contributed by atoms with Gasteiger partial charge in [0.15, 0.2) is 6.10 Å². The zero-order valence-corrected chi connectivity index (χ0v) is 41.0. The summed E-state index contributed by atoms with van der Waals surface area (Å²) in [4.78, 5) is 25.4. The Labute approximate surface area is 393 Å². The van der Waals surface area contributed by atoms with Crippen molar-refractivity contribution >= 4 is 11.9 Å². The molecule has 0 heterocycles. The van der Waals surface area contributed by atoms with Crippen LogP contribution in [0.5, 0.6) is 0 Å². The minimum absolute atomic E-state index is 0.0299. The Balaban J connectivity index is 4.48. The zero-order chi connectivity index (χ0) is 46.3. The monoisotopic (exact) mass is 881 g/mol. The van der Waals surface area contributed by atoms with Crippen molar-refractivity contribution in [3.63, 3.8) is 0 Å². The van der Waals surface area contributed by atoms with Gasteiger partial charge >= 0.3 is 11.9 Å². The number of carbonyl (C=O) groups is 2. The van der Waals surface area contributed by atoms with E-state index in [-0.39, 0.29) is 25.2 Å². The van der Waals surface area contributed by atoms with E-state index in [1.807, 2.05) is 0 Å². The molecule has 0 aromatic carbocycles. The van der Waals surface area contributed by atoms with Crippen LogP contribution in [0.3, 0.4) is 0 Å². The van der Waals surface area contributed by atoms with Crippen molar-refractivity contribution in [1.82, 2.24) is 0 Å². The van der Waals surface area contributed by atoms with E-state index in [0.717, 1.165) is 154 Å². The van der Waals surface area contributed by atoms with Crippen molar-refractivity contribution in [2.75, 3.05) is 19.8 Å². The number of hydrogen-bond acceptors (Lipinski definition) is 5. The number of esters is 2. The second kappa shape index (κ2) is 53.1. The van der Waals surface area contributed by atoms with Crippen LogP contribution in [0.4, 0.5) is 0 Å². The van der Waals surface area contributed by atoms with Gasteiger partial charge in [-0.3, -0.25) is 9.59 Å². The van der Waals surface area contributed by atoms with Gasteiger partial charge in [-0.25, -0.2) is 0 Å². The zero-order valence-electron chi connectivity index (χ0n) is 41.0. The van der Waals surface area contributed by atoms with E-state index in [1.54, 1.807) is 0 Å². The minimum Gasteiger partial charge on any atom is -0.462 e. The van der Waals surface area contributed by atoms with E-state index < -0.39 is 6.10 Å². The van der Waals surface area contributed by atoms with Crippen LogP contribution < -0.4 is 0 Å². The summed E-state index contributed by atoms with van der Waals surface area (Å²) in [5.74, 6) is -0.496. The predicted octanol–water partition coefficient (Wildman–Crippen LogP) is 17.3. The van der Waals surface area contributed by atoms with Crippen LogP contribution in [-0.4, -0.2) is 37.9 Å². The van der Waals surface area contributed by atoms with Crippen molar-refractivity contribution in [3.05, 3.63) is 146 Å². The summed E-state index contributed by atoms with van der Waals surface area (Å²) in [5.41, 5.74) is 0. The molecule has 0 fully saturated rings. The second-order valence-corrected chi connectivity index (χ2v) is 15.9. The lowest BCUT2D eigenvalue weighted by molar-refractivity contribution is -0.163. The Morgan fingerprint density at radius 2 is 0.656 bits per heavy atom. The van der Waals surface area contributed by atoms with E-state index in [0.29, 0.717) is 19.4 Å². The van der Waals surface area contributed by atoms with Crippen molar-refractivity contribution in [2.45, 2.75) is 194 Å². The molecule has 0 rings (SSSR count). The molecule has 1 unspecified atom stereocenters. The molecule has 5 nitrogen and oxygen atoms in total. The molecule has 358 valence electrons. The predicted molar refractivity (Wildman–Crippen MR) is 278 cm³/mol. The molecule has 5 heteroatoms. The number of ether oxygens (including phenoxy) is 3. The maximum atomic E-state index is 12.8. The maximum absolute atomic E-state index is 12.8. The Bertz CT molecular complexity index is 1410. The summed E-state index contributed by atoms with van der Waals surface area (Å²) in [6.45, 7) is 7.27. The van der Waals surface area contributed by atoms with E-state index in [9.17, 15) is 9.59 Å². The molecule has 0 saturated heterocycles. The summed E-state index contributed by atoms with van der Waals surface area (Å²) in [5, 5.41) is 0. The highest BCUT2D eigenvalue weighted by molar-refractivity contribution is 5.70. The number of allylic oxidation sites excluding steroid dienone is 24. The fraction of sp³-hybridized carbons (Fsp3) is 0.559. The molecule has 0 bridgehead atoms. The van der Waals surface area contributed by atoms with Crippen molar-refractivity contribution < 1.29 is 23.8 Å². The number of unbranched alkanes of at least 4 members (excludes halogenated alkanes) is 9. The summed E-state index contributed by atoms with van der Waals surface area (Å²) in [6.07, 6.45) is 77.2. The smallest absolute Gasteiger partial charge is 0.306 e. The first-order chi connectivity index (χ1) is 31.6. The summed E-state index contributed by atoms with van der Waals surface area (Å²) in [7, 11) is 0. The van der Waals surface area contributed by atoms with Gasteiger partial charge in [0.05, 0.1) is 6.61 Å². The molecule has 0 radical (unpaired) electrons. The standard InChI is InChI=1S/C59H92O5/c1-4-7-10-13-16-19-22-25-28-30-32-34-37-40-43-46-49-52-58(60)63-56-57(55-62-54-51-48-45-42-39-36-27-24-21-18-15-12-9-6-3)64-59(61)53-50-47-44-41-38-35-33-31-29-26-23-20-17-14-11-8-5-2/h7-12,16-21,25-29,32-36,42,45,57H,4-6,13-15,22-24,30-31,37-41,43-44,46-56H2,1-3H3/b10-7-,11-8-,12-9-,19-16-,20-17-,21-18-,28-25-,29-26-,34-32-,35-33-,36-27-,45-42-. The normalized spacial score (nSPS) is 13.5. The van der Waals surface area contributed by atoms with Gasteiger partial charge in [-0.2, -0.15) is 0 Å². The molecule has 0 aliphatic carbocycles. The van der Waals surface area contributed by atoms with Crippen LogP contribution in [0.2, 0.25) is 0 Å². The molecule has 0 aromatic rings. The third-order valence-corrected chi connectivity index (χ3v) is 9.85. The molecule has 0 aliphatic heterocycles. The molecule has 0 N–H and O–H groups in total. The van der Waals surface area contributed by atoms with Crippen LogP contribution >= 0.6 is 0 Å². The minimum atomic E-state index is -0.599. The maximum Gasteiger partial charge on any atom is 0.306 e. The lowest BCUT2D eigenvalue weighted by Crippen LogP contribution is -2.30. The van der Waals surface area contributed by atoms with Gasteiger partial charge in [0.1, 0.15) is 6.61 Å².